The van der Waals surface area contributed by atoms with Crippen molar-refractivity contribution in [1.82, 2.24) is 9.13 Å². The third-order valence-electron chi connectivity index (χ3n) is 14.9. The van der Waals surface area contributed by atoms with E-state index < -0.39 is 0 Å². The maximum absolute atomic E-state index is 2.37. The molecule has 0 saturated heterocycles. The molecule has 14 aromatic rings. The lowest BCUT2D eigenvalue weighted by Gasteiger charge is -2.28. The van der Waals surface area contributed by atoms with Gasteiger partial charge in [0.05, 0.1) is 22.1 Å². The Morgan fingerprint density at radius 1 is 0.184 bits per heavy atom. The molecule has 2 aromatic heterocycles. The first-order chi connectivity index (χ1) is 37.7. The first kappa shape index (κ1) is 44.5. The van der Waals surface area contributed by atoms with E-state index in [1.807, 2.05) is 0 Å². The van der Waals surface area contributed by atoms with Crippen LogP contribution >= 0.6 is 0 Å². The third kappa shape index (κ3) is 7.97. The standard InChI is InChI=1S/C72H50N4/c1-5-17-51(18-6-1)52-29-37-61(38-30-52)74(62-41-33-54(34-42-62)56-36-48-72-68(50-56)66-26-14-16-28-70(66)76(72)59-23-11-4-12-24-59)64-45-43-63(44-46-64)73(57-19-7-2-8-20-57)60-39-31-53(32-40-60)55-35-47-71-67(49-55)65-25-13-15-27-69(65)75(71)58-21-9-3-10-22-58/h1-50H. The number of benzene rings is 12. The lowest BCUT2D eigenvalue weighted by molar-refractivity contribution is 1.18. The molecule has 4 nitrogen and oxygen atoms in total. The van der Waals surface area contributed by atoms with Gasteiger partial charge in [0.15, 0.2) is 0 Å². The molecule has 2 heterocycles. The predicted molar refractivity (Wildman–Crippen MR) is 321 cm³/mol. The van der Waals surface area contributed by atoms with Crippen molar-refractivity contribution in [2.75, 3.05) is 9.80 Å². The summed E-state index contributed by atoms with van der Waals surface area (Å²) in [5.41, 5.74) is 20.6. The molecule has 76 heavy (non-hydrogen) atoms. The number of hydrogen-bond acceptors (Lipinski definition) is 2. The summed E-state index contributed by atoms with van der Waals surface area (Å²) in [5.74, 6) is 0. The van der Waals surface area contributed by atoms with Crippen LogP contribution in [0.5, 0.6) is 0 Å². The van der Waals surface area contributed by atoms with Crippen LogP contribution in [-0.4, -0.2) is 9.13 Å². The molecule has 14 rings (SSSR count). The molecular weight excluding hydrogens is 921 g/mol. The van der Waals surface area contributed by atoms with Gasteiger partial charge < -0.3 is 18.9 Å². The molecule has 0 fully saturated rings. The zero-order valence-corrected chi connectivity index (χ0v) is 41.7. The lowest BCUT2D eigenvalue weighted by atomic mass is 10.0. The molecule has 0 bridgehead atoms. The summed E-state index contributed by atoms with van der Waals surface area (Å²) >= 11 is 0. The van der Waals surface area contributed by atoms with Gasteiger partial charge in [-0.3, -0.25) is 0 Å². The highest BCUT2D eigenvalue weighted by Gasteiger charge is 2.19. The molecule has 0 amide bonds. The van der Waals surface area contributed by atoms with Gasteiger partial charge in [-0.1, -0.05) is 170 Å². The maximum atomic E-state index is 2.37. The summed E-state index contributed by atoms with van der Waals surface area (Å²) < 4.78 is 4.74. The molecule has 0 saturated carbocycles. The van der Waals surface area contributed by atoms with Crippen LogP contribution in [0.15, 0.2) is 303 Å². The molecule has 358 valence electrons. The summed E-state index contributed by atoms with van der Waals surface area (Å²) in [7, 11) is 0. The van der Waals surface area contributed by atoms with Crippen LogP contribution in [0.25, 0.3) is 88.4 Å². The predicted octanol–water partition coefficient (Wildman–Crippen LogP) is 19.8. The maximum Gasteiger partial charge on any atom is 0.0541 e. The van der Waals surface area contributed by atoms with Gasteiger partial charge in [0, 0.05) is 67.0 Å². The number of rotatable bonds is 11. The SMILES string of the molecule is c1ccc(-c2ccc(N(c3ccc(-c4ccc5c(c4)c4ccccc4n5-c4ccccc4)cc3)c3ccc(N(c4ccccc4)c4ccc(-c5ccc6c(c5)c5ccccc5n6-c5ccccc5)cc4)cc3)cc2)cc1. The van der Waals surface area contributed by atoms with Crippen LogP contribution in [0.2, 0.25) is 0 Å². The van der Waals surface area contributed by atoms with Crippen molar-refractivity contribution < 1.29 is 0 Å². The number of fused-ring (bicyclic) bond motifs is 6. The summed E-state index contributed by atoms with van der Waals surface area (Å²) in [6, 6.07) is 110. The molecule has 0 atom stereocenters. The monoisotopic (exact) mass is 970 g/mol. The molecule has 0 unspecified atom stereocenters. The van der Waals surface area contributed by atoms with Crippen molar-refractivity contribution in [1.29, 1.82) is 0 Å². The number of anilines is 6. The molecule has 0 aliphatic rings. The molecule has 0 radical (unpaired) electrons. The van der Waals surface area contributed by atoms with Crippen molar-refractivity contribution in [3.8, 4) is 44.8 Å². The summed E-state index contributed by atoms with van der Waals surface area (Å²) in [6.07, 6.45) is 0. The zero-order chi connectivity index (χ0) is 50.4. The first-order valence-corrected chi connectivity index (χ1v) is 26.0. The second-order valence-corrected chi connectivity index (χ2v) is 19.4. The van der Waals surface area contributed by atoms with Crippen LogP contribution < -0.4 is 9.80 Å². The Bertz CT molecular complexity index is 4340. The second-order valence-electron chi connectivity index (χ2n) is 19.4. The van der Waals surface area contributed by atoms with Crippen molar-refractivity contribution in [2.24, 2.45) is 0 Å². The van der Waals surface area contributed by atoms with Crippen molar-refractivity contribution >= 4 is 77.7 Å². The molecule has 0 aliphatic carbocycles. The number of hydrogen-bond donors (Lipinski definition) is 0. The van der Waals surface area contributed by atoms with Crippen molar-refractivity contribution in [3.05, 3.63) is 303 Å². The van der Waals surface area contributed by atoms with Gasteiger partial charge in [-0.2, -0.15) is 0 Å². The minimum Gasteiger partial charge on any atom is -0.311 e. The van der Waals surface area contributed by atoms with Gasteiger partial charge in [0.1, 0.15) is 0 Å². The Labute approximate surface area is 442 Å². The largest absolute Gasteiger partial charge is 0.311 e. The van der Waals surface area contributed by atoms with Crippen LogP contribution in [0.4, 0.5) is 34.1 Å². The molecule has 0 spiro atoms. The highest BCUT2D eigenvalue weighted by molar-refractivity contribution is 6.11. The fourth-order valence-electron chi connectivity index (χ4n) is 11.3. The fraction of sp³-hybridized carbons (Fsp3) is 0. The molecule has 12 aromatic carbocycles. The van der Waals surface area contributed by atoms with Crippen LogP contribution in [0.1, 0.15) is 0 Å². The smallest absolute Gasteiger partial charge is 0.0541 e. The van der Waals surface area contributed by atoms with Gasteiger partial charge in [-0.25, -0.2) is 0 Å². The minimum atomic E-state index is 1.06. The van der Waals surface area contributed by atoms with Gasteiger partial charge in [0.25, 0.3) is 0 Å². The number of aromatic nitrogens is 2. The summed E-state index contributed by atoms with van der Waals surface area (Å²) in [4.78, 5) is 4.70. The molecular formula is C72H50N4. The Balaban J connectivity index is 0.809. The Kier molecular flexibility index (Phi) is 11.2. The number of nitrogens with zero attached hydrogens (tertiary/aromatic N) is 4. The third-order valence-corrected chi connectivity index (χ3v) is 14.9. The van der Waals surface area contributed by atoms with E-state index in [-0.39, 0.29) is 0 Å². The Morgan fingerprint density at radius 2 is 0.447 bits per heavy atom. The highest BCUT2D eigenvalue weighted by Crippen LogP contribution is 2.42. The zero-order valence-electron chi connectivity index (χ0n) is 41.7. The van der Waals surface area contributed by atoms with E-state index in [2.05, 4.69) is 322 Å². The highest BCUT2D eigenvalue weighted by atomic mass is 15.2. The van der Waals surface area contributed by atoms with Gasteiger partial charge in [-0.15, -0.1) is 0 Å². The van der Waals surface area contributed by atoms with Gasteiger partial charge in [0.2, 0.25) is 0 Å². The fourth-order valence-corrected chi connectivity index (χ4v) is 11.3. The quantitative estimate of drug-likeness (QED) is 0.128. The summed E-state index contributed by atoms with van der Waals surface area (Å²) in [5, 5.41) is 4.97. The van der Waals surface area contributed by atoms with Crippen LogP contribution in [0.3, 0.4) is 0 Å². The minimum absolute atomic E-state index is 1.06. The van der Waals surface area contributed by atoms with E-state index in [0.717, 1.165) is 51.1 Å². The van der Waals surface area contributed by atoms with E-state index in [0.29, 0.717) is 0 Å². The van der Waals surface area contributed by atoms with E-state index in [1.54, 1.807) is 0 Å². The molecule has 0 aliphatic heterocycles. The average molecular weight is 971 g/mol. The van der Waals surface area contributed by atoms with Gasteiger partial charge >= 0.3 is 0 Å². The van der Waals surface area contributed by atoms with Crippen LogP contribution in [-0.2, 0) is 0 Å². The van der Waals surface area contributed by atoms with Crippen molar-refractivity contribution in [2.45, 2.75) is 0 Å². The Morgan fingerprint density at radius 3 is 0.842 bits per heavy atom. The lowest BCUT2D eigenvalue weighted by Crippen LogP contribution is -2.12. The van der Waals surface area contributed by atoms with E-state index >= 15 is 0 Å². The Hall–Kier alpha value is -10.2. The average Bonchev–Trinajstić information content (AvgIpc) is 4.02. The summed E-state index contributed by atoms with van der Waals surface area (Å²) in [6.45, 7) is 0. The van der Waals surface area contributed by atoms with Crippen LogP contribution in [0, 0.1) is 0 Å². The number of para-hydroxylation sites is 5. The normalized spacial score (nSPS) is 11.4. The van der Waals surface area contributed by atoms with E-state index in [4.69, 9.17) is 0 Å². The van der Waals surface area contributed by atoms with Gasteiger partial charge in [-0.05, 0) is 167 Å². The van der Waals surface area contributed by atoms with E-state index in [1.165, 1.54) is 71.4 Å². The first-order valence-electron chi connectivity index (χ1n) is 26.0. The molecule has 4 heteroatoms. The topological polar surface area (TPSA) is 16.3 Å². The van der Waals surface area contributed by atoms with Crippen molar-refractivity contribution in [3.63, 3.8) is 0 Å². The molecule has 0 N–H and O–H groups in total. The van der Waals surface area contributed by atoms with E-state index in [9.17, 15) is 0 Å². The second kappa shape index (κ2) is 19.0.